The van der Waals surface area contributed by atoms with E-state index in [9.17, 15) is 22.4 Å². The Morgan fingerprint density at radius 3 is 2.12 bits per heavy atom. The Morgan fingerprint density at radius 1 is 0.760 bits per heavy atom. The van der Waals surface area contributed by atoms with E-state index in [4.69, 9.17) is 0 Å². The zero-order chi connectivity index (χ0) is 18.0. The largest absolute Gasteiger partial charge is 0.321 e. The zero-order valence-corrected chi connectivity index (χ0v) is 12.7. The van der Waals surface area contributed by atoms with Crippen molar-refractivity contribution in [3.8, 4) is 11.1 Å². The summed E-state index contributed by atoms with van der Waals surface area (Å²) in [6.45, 7) is 0. The van der Waals surface area contributed by atoms with Gasteiger partial charge in [0.05, 0.1) is 5.56 Å². The van der Waals surface area contributed by atoms with Crippen molar-refractivity contribution in [3.05, 3.63) is 89.5 Å². The summed E-state index contributed by atoms with van der Waals surface area (Å²) >= 11 is 0. The molecule has 6 heteroatoms. The van der Waals surface area contributed by atoms with Crippen molar-refractivity contribution in [1.29, 1.82) is 0 Å². The molecule has 126 valence electrons. The molecule has 0 saturated heterocycles. The van der Waals surface area contributed by atoms with Crippen LogP contribution in [0.15, 0.2) is 60.7 Å². The fraction of sp³-hybridized carbons (Fsp3) is 0. The second-order valence-electron chi connectivity index (χ2n) is 5.21. The molecule has 0 spiro atoms. The molecule has 1 amide bonds. The molecule has 0 unspecified atom stereocenters. The van der Waals surface area contributed by atoms with Crippen LogP contribution >= 0.6 is 0 Å². The van der Waals surface area contributed by atoms with Gasteiger partial charge in [0.1, 0.15) is 0 Å². The van der Waals surface area contributed by atoms with E-state index < -0.39 is 34.7 Å². The standard InChI is InChI=1S/C19H11F4NO/c20-14-10-13(16(21)18(23)17(14)22)19(25)24-15-9-5-4-8-12(15)11-6-2-1-3-7-11/h1-10H,(H,24,25). The van der Waals surface area contributed by atoms with Crippen LogP contribution in [-0.4, -0.2) is 5.91 Å². The summed E-state index contributed by atoms with van der Waals surface area (Å²) in [5.41, 5.74) is 0.831. The first kappa shape index (κ1) is 16.7. The van der Waals surface area contributed by atoms with Gasteiger partial charge >= 0.3 is 0 Å². The fourth-order valence-corrected chi connectivity index (χ4v) is 2.39. The lowest BCUT2D eigenvalue weighted by atomic mass is 10.0. The van der Waals surface area contributed by atoms with Crippen LogP contribution in [0.4, 0.5) is 23.2 Å². The van der Waals surface area contributed by atoms with Gasteiger partial charge < -0.3 is 5.32 Å². The maximum absolute atomic E-state index is 13.8. The van der Waals surface area contributed by atoms with Crippen LogP contribution in [0, 0.1) is 23.3 Å². The molecule has 0 heterocycles. The van der Waals surface area contributed by atoms with E-state index in [1.165, 1.54) is 0 Å². The summed E-state index contributed by atoms with van der Waals surface area (Å²) in [5, 5.41) is 2.41. The second-order valence-corrected chi connectivity index (χ2v) is 5.21. The summed E-state index contributed by atoms with van der Waals surface area (Å²) in [4.78, 5) is 12.2. The highest BCUT2D eigenvalue weighted by Crippen LogP contribution is 2.28. The Kier molecular flexibility index (Phi) is 4.52. The average Bonchev–Trinajstić information content (AvgIpc) is 2.64. The smallest absolute Gasteiger partial charge is 0.258 e. The average molecular weight is 345 g/mol. The monoisotopic (exact) mass is 345 g/mol. The predicted molar refractivity (Wildman–Crippen MR) is 86.1 cm³/mol. The van der Waals surface area contributed by atoms with Crippen molar-refractivity contribution in [2.24, 2.45) is 0 Å². The molecular formula is C19H11F4NO. The number of carbonyl (C=O) groups excluding carboxylic acids is 1. The number of benzene rings is 3. The van der Waals surface area contributed by atoms with E-state index in [1.807, 2.05) is 18.2 Å². The molecule has 0 aliphatic carbocycles. The molecular weight excluding hydrogens is 334 g/mol. The topological polar surface area (TPSA) is 29.1 Å². The molecule has 25 heavy (non-hydrogen) atoms. The first-order chi connectivity index (χ1) is 12.0. The maximum Gasteiger partial charge on any atom is 0.258 e. The predicted octanol–water partition coefficient (Wildman–Crippen LogP) is 5.16. The van der Waals surface area contributed by atoms with Crippen molar-refractivity contribution < 1.29 is 22.4 Å². The van der Waals surface area contributed by atoms with Crippen molar-refractivity contribution in [2.45, 2.75) is 0 Å². The van der Waals surface area contributed by atoms with Gasteiger partial charge in [0.15, 0.2) is 23.3 Å². The Balaban J connectivity index is 1.98. The van der Waals surface area contributed by atoms with Crippen molar-refractivity contribution >= 4 is 11.6 Å². The molecule has 0 radical (unpaired) electrons. The van der Waals surface area contributed by atoms with Gasteiger partial charge in [-0.05, 0) is 17.7 Å². The molecule has 3 aromatic rings. The van der Waals surface area contributed by atoms with Gasteiger partial charge in [-0.1, -0.05) is 48.5 Å². The third kappa shape index (κ3) is 3.24. The van der Waals surface area contributed by atoms with Gasteiger partial charge in [0, 0.05) is 11.3 Å². The summed E-state index contributed by atoms with van der Waals surface area (Å²) in [6, 6.07) is 16.1. The summed E-state index contributed by atoms with van der Waals surface area (Å²) in [6.07, 6.45) is 0. The quantitative estimate of drug-likeness (QED) is 0.396. The second kappa shape index (κ2) is 6.76. The van der Waals surface area contributed by atoms with E-state index in [0.29, 0.717) is 17.3 Å². The number of anilines is 1. The highest BCUT2D eigenvalue weighted by Gasteiger charge is 2.23. The first-order valence-electron chi connectivity index (χ1n) is 7.28. The fourth-order valence-electron chi connectivity index (χ4n) is 2.39. The van der Waals surface area contributed by atoms with Gasteiger partial charge in [-0.3, -0.25) is 4.79 Å². The van der Waals surface area contributed by atoms with Crippen molar-refractivity contribution in [3.63, 3.8) is 0 Å². The molecule has 0 saturated carbocycles. The SMILES string of the molecule is O=C(Nc1ccccc1-c1ccccc1)c1cc(F)c(F)c(F)c1F. The molecule has 0 aliphatic rings. The van der Waals surface area contributed by atoms with Crippen LogP contribution < -0.4 is 5.32 Å². The Morgan fingerprint density at radius 2 is 1.40 bits per heavy atom. The lowest BCUT2D eigenvalue weighted by Gasteiger charge is -2.12. The third-order valence-corrected chi connectivity index (χ3v) is 3.61. The van der Waals surface area contributed by atoms with Crippen LogP contribution in [0.2, 0.25) is 0 Å². The highest BCUT2D eigenvalue weighted by atomic mass is 19.2. The number of rotatable bonds is 3. The van der Waals surface area contributed by atoms with Gasteiger partial charge in [0.25, 0.3) is 5.91 Å². The maximum atomic E-state index is 13.8. The number of hydrogen-bond donors (Lipinski definition) is 1. The summed E-state index contributed by atoms with van der Waals surface area (Å²) in [5.74, 6) is -8.45. The molecule has 3 aromatic carbocycles. The minimum Gasteiger partial charge on any atom is -0.321 e. The minimum atomic E-state index is -2.03. The number of para-hydroxylation sites is 1. The van der Waals surface area contributed by atoms with Gasteiger partial charge in [0.2, 0.25) is 0 Å². The lowest BCUT2D eigenvalue weighted by molar-refractivity contribution is 0.102. The van der Waals surface area contributed by atoms with Crippen LogP contribution in [0.25, 0.3) is 11.1 Å². The Labute approximate surface area is 140 Å². The molecule has 2 nitrogen and oxygen atoms in total. The van der Waals surface area contributed by atoms with E-state index in [2.05, 4.69) is 5.32 Å². The van der Waals surface area contributed by atoms with Gasteiger partial charge in [-0.25, -0.2) is 17.6 Å². The molecule has 0 atom stereocenters. The van der Waals surface area contributed by atoms with E-state index >= 15 is 0 Å². The van der Waals surface area contributed by atoms with Crippen LogP contribution in [0.1, 0.15) is 10.4 Å². The van der Waals surface area contributed by atoms with Gasteiger partial charge in [-0.15, -0.1) is 0 Å². The number of halogens is 4. The molecule has 1 N–H and O–H groups in total. The number of carbonyl (C=O) groups is 1. The normalized spacial score (nSPS) is 10.6. The molecule has 0 aliphatic heterocycles. The third-order valence-electron chi connectivity index (χ3n) is 3.61. The Bertz CT molecular complexity index is 942. The summed E-state index contributed by atoms with van der Waals surface area (Å²) in [7, 11) is 0. The molecule has 0 aromatic heterocycles. The summed E-state index contributed by atoms with van der Waals surface area (Å²) < 4.78 is 53.4. The van der Waals surface area contributed by atoms with Crippen LogP contribution in [0.5, 0.6) is 0 Å². The van der Waals surface area contributed by atoms with Gasteiger partial charge in [-0.2, -0.15) is 0 Å². The van der Waals surface area contributed by atoms with Crippen LogP contribution in [-0.2, 0) is 0 Å². The minimum absolute atomic E-state index is 0.322. The molecule has 3 rings (SSSR count). The molecule has 0 fully saturated rings. The molecule has 0 bridgehead atoms. The first-order valence-corrected chi connectivity index (χ1v) is 7.28. The number of amides is 1. The highest BCUT2D eigenvalue weighted by molar-refractivity contribution is 6.06. The van der Waals surface area contributed by atoms with E-state index in [-0.39, 0.29) is 0 Å². The van der Waals surface area contributed by atoms with Crippen LogP contribution in [0.3, 0.4) is 0 Å². The zero-order valence-electron chi connectivity index (χ0n) is 12.7. The van der Waals surface area contributed by atoms with Crippen molar-refractivity contribution in [2.75, 3.05) is 5.32 Å². The van der Waals surface area contributed by atoms with E-state index in [1.54, 1.807) is 36.4 Å². The van der Waals surface area contributed by atoms with Crippen molar-refractivity contribution in [1.82, 2.24) is 0 Å². The lowest BCUT2D eigenvalue weighted by Crippen LogP contribution is -2.16. The van der Waals surface area contributed by atoms with E-state index in [0.717, 1.165) is 5.56 Å². The number of nitrogens with one attached hydrogen (secondary N) is 1. The Hall–Kier alpha value is -3.15. The number of hydrogen-bond acceptors (Lipinski definition) is 1.